The molecule has 2 amide bonds. The highest BCUT2D eigenvalue weighted by atomic mass is 32.2. The summed E-state index contributed by atoms with van der Waals surface area (Å²) in [6, 6.07) is 6.18. The Kier molecular flexibility index (Phi) is 5.54. The summed E-state index contributed by atoms with van der Waals surface area (Å²) in [5, 5.41) is 3.92. The quantitative estimate of drug-likeness (QED) is 0.639. The number of thioether (sulfide) groups is 1. The van der Waals surface area contributed by atoms with E-state index in [4.69, 9.17) is 0 Å². The normalized spacial score (nSPS) is 21.8. The van der Waals surface area contributed by atoms with Gasteiger partial charge in [0.05, 0.1) is 10.9 Å². The molecule has 6 heteroatoms. The largest absolute Gasteiger partial charge is 0.355 e. The first-order valence-electron chi connectivity index (χ1n) is 8.35. The van der Waals surface area contributed by atoms with Crippen LogP contribution in [0.1, 0.15) is 32.1 Å². The number of nitrogens with zero attached hydrogens (tertiary/aromatic N) is 2. The van der Waals surface area contributed by atoms with Crippen molar-refractivity contribution in [2.75, 3.05) is 18.8 Å². The van der Waals surface area contributed by atoms with E-state index in [9.17, 15) is 9.59 Å². The monoisotopic (exact) mass is 333 g/mol. The fourth-order valence-electron chi connectivity index (χ4n) is 3.38. The minimum Gasteiger partial charge on any atom is -0.355 e. The van der Waals surface area contributed by atoms with Gasteiger partial charge >= 0.3 is 0 Å². The topological polar surface area (TPSA) is 62.3 Å². The number of nitrogens with one attached hydrogen (secondary N) is 1. The van der Waals surface area contributed by atoms with E-state index in [0.29, 0.717) is 25.6 Å². The molecule has 0 radical (unpaired) electrons. The second-order valence-electron chi connectivity index (χ2n) is 6.19. The first-order chi connectivity index (χ1) is 11.2. The summed E-state index contributed by atoms with van der Waals surface area (Å²) in [6.45, 7) is 1.21. The van der Waals surface area contributed by atoms with Gasteiger partial charge in [0, 0.05) is 37.5 Å². The number of rotatable bonds is 6. The number of likely N-dealkylation sites (tertiary alicyclic amines) is 1. The summed E-state index contributed by atoms with van der Waals surface area (Å²) in [4.78, 5) is 30.6. The van der Waals surface area contributed by atoms with Gasteiger partial charge in [0.25, 0.3) is 0 Å². The van der Waals surface area contributed by atoms with E-state index >= 15 is 0 Å². The fraction of sp³-hybridized carbons (Fsp3) is 0.588. The Hall–Kier alpha value is -1.56. The number of hydrogen-bond acceptors (Lipinski definition) is 4. The molecule has 1 saturated carbocycles. The van der Waals surface area contributed by atoms with Crippen molar-refractivity contribution in [2.24, 2.45) is 5.92 Å². The summed E-state index contributed by atoms with van der Waals surface area (Å²) < 4.78 is 0. The van der Waals surface area contributed by atoms with Crippen LogP contribution in [0, 0.1) is 5.92 Å². The van der Waals surface area contributed by atoms with Gasteiger partial charge in [0.15, 0.2) is 0 Å². The molecule has 1 aromatic heterocycles. The van der Waals surface area contributed by atoms with Gasteiger partial charge in [-0.15, -0.1) is 11.8 Å². The van der Waals surface area contributed by atoms with Crippen molar-refractivity contribution in [1.82, 2.24) is 15.2 Å². The number of carbonyl (C=O) groups is 2. The van der Waals surface area contributed by atoms with Crippen LogP contribution in [0.3, 0.4) is 0 Å². The van der Waals surface area contributed by atoms with Crippen molar-refractivity contribution in [2.45, 2.75) is 43.2 Å². The maximum atomic E-state index is 12.2. The summed E-state index contributed by atoms with van der Waals surface area (Å²) in [7, 11) is 0. The maximum absolute atomic E-state index is 12.2. The number of amides is 2. The predicted molar refractivity (Wildman–Crippen MR) is 90.0 cm³/mol. The third-order valence-electron chi connectivity index (χ3n) is 4.58. The van der Waals surface area contributed by atoms with Gasteiger partial charge in [-0.3, -0.25) is 9.59 Å². The van der Waals surface area contributed by atoms with Crippen LogP contribution in [-0.2, 0) is 9.59 Å². The maximum Gasteiger partial charge on any atom is 0.225 e. The molecule has 0 spiro atoms. The zero-order chi connectivity index (χ0) is 16.1. The molecule has 2 aliphatic rings. The number of hydrogen-bond donors (Lipinski definition) is 1. The Bertz CT molecular complexity index is 546. The van der Waals surface area contributed by atoms with Gasteiger partial charge in [-0.2, -0.15) is 0 Å². The van der Waals surface area contributed by atoms with Crippen LogP contribution in [0.4, 0.5) is 0 Å². The second-order valence-corrected chi connectivity index (χ2v) is 7.31. The highest BCUT2D eigenvalue weighted by Crippen LogP contribution is 2.29. The van der Waals surface area contributed by atoms with Crippen molar-refractivity contribution >= 4 is 23.6 Å². The average Bonchev–Trinajstić information content (AvgIpc) is 3.21. The lowest BCUT2D eigenvalue weighted by Crippen LogP contribution is -2.37. The van der Waals surface area contributed by atoms with Crippen LogP contribution >= 0.6 is 11.8 Å². The van der Waals surface area contributed by atoms with Gasteiger partial charge in [0.1, 0.15) is 0 Å². The van der Waals surface area contributed by atoms with Gasteiger partial charge < -0.3 is 10.2 Å². The zero-order valence-corrected chi connectivity index (χ0v) is 14.1. The molecule has 1 aromatic rings. The molecular formula is C17H23N3O2S. The molecule has 3 rings (SSSR count). The first kappa shape index (κ1) is 16.3. The standard InChI is InChI=1S/C17H23N3O2S/c21-16-11-13(12-20(16)14-5-1-2-6-14)17(22)19-9-10-23-15-7-3-4-8-18-15/h3-4,7-8,13-14H,1-2,5-6,9-12H2,(H,19,22)/t13-/m0/s1. The molecule has 1 atom stereocenters. The lowest BCUT2D eigenvalue weighted by atomic mass is 10.1. The van der Waals surface area contributed by atoms with Gasteiger partial charge in [0.2, 0.25) is 11.8 Å². The minimum absolute atomic E-state index is 0.0143. The van der Waals surface area contributed by atoms with Crippen LogP contribution in [0.2, 0.25) is 0 Å². The summed E-state index contributed by atoms with van der Waals surface area (Å²) in [6.07, 6.45) is 6.74. The highest BCUT2D eigenvalue weighted by Gasteiger charge is 2.38. The summed E-state index contributed by atoms with van der Waals surface area (Å²) in [5.41, 5.74) is 0. The average molecular weight is 333 g/mol. The van der Waals surface area contributed by atoms with Crippen molar-refractivity contribution in [3.63, 3.8) is 0 Å². The molecule has 5 nitrogen and oxygen atoms in total. The Morgan fingerprint density at radius 3 is 2.91 bits per heavy atom. The molecule has 1 N–H and O–H groups in total. The fourth-order valence-corrected chi connectivity index (χ4v) is 4.11. The predicted octanol–water partition coefficient (Wildman–Crippen LogP) is 2.08. The summed E-state index contributed by atoms with van der Waals surface area (Å²) >= 11 is 1.62. The zero-order valence-electron chi connectivity index (χ0n) is 13.2. The van der Waals surface area contributed by atoms with Gasteiger partial charge in [-0.05, 0) is 25.0 Å². The van der Waals surface area contributed by atoms with E-state index < -0.39 is 0 Å². The van der Waals surface area contributed by atoms with E-state index in [1.54, 1.807) is 18.0 Å². The molecule has 0 aromatic carbocycles. The number of carbonyl (C=O) groups excluding carboxylic acids is 2. The van der Waals surface area contributed by atoms with Crippen LogP contribution in [0.25, 0.3) is 0 Å². The summed E-state index contributed by atoms with van der Waals surface area (Å²) in [5.74, 6) is 0.777. The Labute approximate surface area is 141 Å². The Morgan fingerprint density at radius 2 is 2.17 bits per heavy atom. The molecule has 2 fully saturated rings. The van der Waals surface area contributed by atoms with E-state index in [0.717, 1.165) is 23.6 Å². The Morgan fingerprint density at radius 1 is 1.35 bits per heavy atom. The number of aromatic nitrogens is 1. The van der Waals surface area contributed by atoms with Gasteiger partial charge in [-0.25, -0.2) is 4.98 Å². The molecular weight excluding hydrogens is 310 g/mol. The molecule has 1 aliphatic heterocycles. The van der Waals surface area contributed by atoms with Crippen molar-refractivity contribution in [3.8, 4) is 0 Å². The molecule has 1 saturated heterocycles. The second kappa shape index (κ2) is 7.81. The van der Waals surface area contributed by atoms with Crippen molar-refractivity contribution < 1.29 is 9.59 Å². The molecule has 23 heavy (non-hydrogen) atoms. The van der Waals surface area contributed by atoms with E-state index in [1.807, 2.05) is 23.1 Å². The SMILES string of the molecule is O=C(NCCSc1ccccn1)[C@H]1CC(=O)N(C2CCCC2)C1. The highest BCUT2D eigenvalue weighted by molar-refractivity contribution is 7.99. The lowest BCUT2D eigenvalue weighted by molar-refractivity contribution is -0.130. The van der Waals surface area contributed by atoms with Crippen LogP contribution in [-0.4, -0.2) is 46.6 Å². The van der Waals surface area contributed by atoms with Crippen molar-refractivity contribution in [3.05, 3.63) is 24.4 Å². The van der Waals surface area contributed by atoms with E-state index in [1.165, 1.54) is 12.8 Å². The third kappa shape index (κ3) is 4.25. The van der Waals surface area contributed by atoms with Crippen LogP contribution in [0.15, 0.2) is 29.4 Å². The third-order valence-corrected chi connectivity index (χ3v) is 5.53. The molecule has 0 unspecified atom stereocenters. The molecule has 2 heterocycles. The molecule has 0 bridgehead atoms. The van der Waals surface area contributed by atoms with E-state index in [2.05, 4.69) is 10.3 Å². The van der Waals surface area contributed by atoms with Crippen LogP contribution in [0.5, 0.6) is 0 Å². The van der Waals surface area contributed by atoms with Crippen molar-refractivity contribution in [1.29, 1.82) is 0 Å². The van der Waals surface area contributed by atoms with E-state index in [-0.39, 0.29) is 17.7 Å². The van der Waals surface area contributed by atoms with Crippen LogP contribution < -0.4 is 5.32 Å². The number of pyridine rings is 1. The molecule has 124 valence electrons. The minimum atomic E-state index is -0.178. The van der Waals surface area contributed by atoms with Gasteiger partial charge in [-0.1, -0.05) is 18.9 Å². The smallest absolute Gasteiger partial charge is 0.225 e. The first-order valence-corrected chi connectivity index (χ1v) is 9.33. The lowest BCUT2D eigenvalue weighted by Gasteiger charge is -2.23. The Balaban J connectivity index is 1.39. The molecule has 1 aliphatic carbocycles.